The molecule has 0 aromatic heterocycles. The SMILES string of the molecule is Cc1ccc(NC(=O)C(C)Sc2cccc(NC(=O)c3ccc(F)cc3)c2)c(C)c1. The van der Waals surface area contributed by atoms with Crippen molar-refractivity contribution in [1.82, 2.24) is 0 Å². The zero-order valence-corrected chi connectivity index (χ0v) is 17.8. The molecule has 2 amide bonds. The number of nitrogens with one attached hydrogen (secondary N) is 2. The van der Waals surface area contributed by atoms with Crippen LogP contribution in [-0.4, -0.2) is 17.1 Å². The second-order valence-corrected chi connectivity index (χ2v) is 8.47. The van der Waals surface area contributed by atoms with E-state index in [-0.39, 0.29) is 17.1 Å². The smallest absolute Gasteiger partial charge is 0.255 e. The Hall–Kier alpha value is -3.12. The zero-order valence-electron chi connectivity index (χ0n) is 17.0. The van der Waals surface area contributed by atoms with Crippen molar-refractivity contribution in [3.05, 3.63) is 89.2 Å². The summed E-state index contributed by atoms with van der Waals surface area (Å²) in [6, 6.07) is 18.6. The minimum atomic E-state index is -0.391. The quantitative estimate of drug-likeness (QED) is 0.493. The third kappa shape index (κ3) is 5.70. The molecule has 1 atom stereocenters. The standard InChI is InChI=1S/C24H23FN2O2S/c1-15-7-12-22(16(2)13-15)27-23(28)17(3)30-21-6-4-5-20(14-21)26-24(29)18-8-10-19(25)11-9-18/h4-14,17H,1-3H3,(H,26,29)(H,27,28). The molecule has 2 N–H and O–H groups in total. The van der Waals surface area contributed by atoms with Crippen molar-refractivity contribution >= 4 is 35.0 Å². The third-order valence-electron chi connectivity index (χ3n) is 4.52. The predicted molar refractivity (Wildman–Crippen MR) is 121 cm³/mol. The number of halogens is 1. The molecule has 0 aliphatic rings. The molecule has 0 saturated carbocycles. The van der Waals surface area contributed by atoms with Crippen molar-refractivity contribution in [2.75, 3.05) is 10.6 Å². The molecule has 0 heterocycles. The van der Waals surface area contributed by atoms with Crippen LogP contribution in [0.25, 0.3) is 0 Å². The fourth-order valence-corrected chi connectivity index (χ4v) is 3.82. The van der Waals surface area contributed by atoms with Gasteiger partial charge >= 0.3 is 0 Å². The molecule has 3 rings (SSSR count). The van der Waals surface area contributed by atoms with Crippen LogP contribution in [0.15, 0.2) is 71.6 Å². The largest absolute Gasteiger partial charge is 0.325 e. The second kappa shape index (κ2) is 9.59. The number of carbonyl (C=O) groups excluding carboxylic acids is 2. The van der Waals surface area contributed by atoms with Crippen LogP contribution in [0.2, 0.25) is 0 Å². The second-order valence-electron chi connectivity index (χ2n) is 7.06. The summed E-state index contributed by atoms with van der Waals surface area (Å²) in [6.45, 7) is 5.82. The van der Waals surface area contributed by atoms with Crippen molar-refractivity contribution in [1.29, 1.82) is 0 Å². The van der Waals surface area contributed by atoms with Gasteiger partial charge in [0.1, 0.15) is 5.82 Å². The number of hydrogen-bond acceptors (Lipinski definition) is 3. The number of carbonyl (C=O) groups is 2. The molecule has 0 radical (unpaired) electrons. The van der Waals surface area contributed by atoms with Gasteiger partial charge in [-0.2, -0.15) is 0 Å². The predicted octanol–water partition coefficient (Wildman–Crippen LogP) is 5.81. The number of benzene rings is 3. The van der Waals surface area contributed by atoms with Gasteiger partial charge in [0.25, 0.3) is 5.91 Å². The first-order chi connectivity index (χ1) is 14.3. The maximum Gasteiger partial charge on any atom is 0.255 e. The summed E-state index contributed by atoms with van der Waals surface area (Å²) in [6.07, 6.45) is 0. The lowest BCUT2D eigenvalue weighted by molar-refractivity contribution is -0.115. The van der Waals surface area contributed by atoms with Gasteiger partial charge < -0.3 is 10.6 Å². The molecule has 0 bridgehead atoms. The molecule has 0 fully saturated rings. The zero-order chi connectivity index (χ0) is 21.7. The Morgan fingerprint density at radius 2 is 1.67 bits per heavy atom. The van der Waals surface area contributed by atoms with E-state index in [4.69, 9.17) is 0 Å². The maximum absolute atomic E-state index is 13.0. The third-order valence-corrected chi connectivity index (χ3v) is 5.61. The van der Waals surface area contributed by atoms with E-state index < -0.39 is 5.82 Å². The topological polar surface area (TPSA) is 58.2 Å². The van der Waals surface area contributed by atoms with E-state index in [2.05, 4.69) is 10.6 Å². The number of thioether (sulfide) groups is 1. The highest BCUT2D eigenvalue weighted by Crippen LogP contribution is 2.27. The van der Waals surface area contributed by atoms with Crippen LogP contribution in [0.3, 0.4) is 0 Å². The molecule has 1 unspecified atom stereocenters. The van der Waals surface area contributed by atoms with Crippen LogP contribution < -0.4 is 10.6 Å². The number of anilines is 2. The molecule has 6 heteroatoms. The minimum Gasteiger partial charge on any atom is -0.325 e. The van der Waals surface area contributed by atoms with E-state index in [9.17, 15) is 14.0 Å². The van der Waals surface area contributed by atoms with Crippen molar-refractivity contribution in [2.24, 2.45) is 0 Å². The molecule has 0 aliphatic carbocycles. The summed E-state index contributed by atoms with van der Waals surface area (Å²) in [5, 5.41) is 5.44. The number of rotatable bonds is 6. The fourth-order valence-electron chi connectivity index (χ4n) is 2.90. The maximum atomic E-state index is 13.0. The lowest BCUT2D eigenvalue weighted by Gasteiger charge is -2.14. The molecule has 0 saturated heterocycles. The van der Waals surface area contributed by atoms with Gasteiger partial charge in [0.05, 0.1) is 5.25 Å². The molecular formula is C24H23FN2O2S. The van der Waals surface area contributed by atoms with Gasteiger partial charge in [-0.15, -0.1) is 11.8 Å². The Labute approximate surface area is 179 Å². The molecular weight excluding hydrogens is 399 g/mol. The van der Waals surface area contributed by atoms with Gasteiger partial charge in [-0.25, -0.2) is 4.39 Å². The fraction of sp³-hybridized carbons (Fsp3) is 0.167. The average molecular weight is 423 g/mol. The van der Waals surface area contributed by atoms with Crippen LogP contribution in [-0.2, 0) is 4.79 Å². The van der Waals surface area contributed by atoms with E-state index in [1.165, 1.54) is 36.0 Å². The van der Waals surface area contributed by atoms with Crippen molar-refractivity contribution in [2.45, 2.75) is 30.9 Å². The minimum absolute atomic E-state index is 0.0901. The van der Waals surface area contributed by atoms with Crippen LogP contribution in [0.4, 0.5) is 15.8 Å². The molecule has 3 aromatic carbocycles. The Balaban J connectivity index is 1.63. The van der Waals surface area contributed by atoms with Gasteiger partial charge in [-0.05, 0) is 74.9 Å². The number of hydrogen-bond donors (Lipinski definition) is 2. The molecule has 30 heavy (non-hydrogen) atoms. The summed E-state index contributed by atoms with van der Waals surface area (Å²) in [5.74, 6) is -0.802. The van der Waals surface area contributed by atoms with E-state index in [0.29, 0.717) is 11.3 Å². The van der Waals surface area contributed by atoms with Crippen molar-refractivity contribution in [3.63, 3.8) is 0 Å². The highest BCUT2D eigenvalue weighted by atomic mass is 32.2. The summed E-state index contributed by atoms with van der Waals surface area (Å²) in [4.78, 5) is 25.8. The van der Waals surface area contributed by atoms with Gasteiger partial charge in [-0.3, -0.25) is 9.59 Å². The van der Waals surface area contributed by atoms with E-state index in [1.807, 2.05) is 57.2 Å². The monoisotopic (exact) mass is 422 g/mol. The summed E-state index contributed by atoms with van der Waals surface area (Å²) in [5.41, 5.74) is 3.95. The van der Waals surface area contributed by atoms with E-state index in [0.717, 1.165) is 21.7 Å². The first-order valence-corrected chi connectivity index (χ1v) is 10.4. The van der Waals surface area contributed by atoms with E-state index >= 15 is 0 Å². The van der Waals surface area contributed by atoms with Gasteiger partial charge in [0, 0.05) is 21.8 Å². The van der Waals surface area contributed by atoms with Gasteiger partial charge in [0.15, 0.2) is 0 Å². The highest BCUT2D eigenvalue weighted by Gasteiger charge is 2.16. The Morgan fingerprint density at radius 1 is 0.933 bits per heavy atom. The number of aryl methyl sites for hydroxylation is 2. The van der Waals surface area contributed by atoms with Crippen LogP contribution in [0.1, 0.15) is 28.4 Å². The molecule has 4 nitrogen and oxygen atoms in total. The first kappa shape index (κ1) is 21.6. The van der Waals surface area contributed by atoms with Gasteiger partial charge in [-0.1, -0.05) is 23.8 Å². The lowest BCUT2D eigenvalue weighted by Crippen LogP contribution is -2.22. The molecule has 3 aromatic rings. The summed E-state index contributed by atoms with van der Waals surface area (Å²) >= 11 is 1.41. The highest BCUT2D eigenvalue weighted by molar-refractivity contribution is 8.00. The number of amides is 2. The molecule has 154 valence electrons. The Bertz CT molecular complexity index is 1070. The first-order valence-electron chi connectivity index (χ1n) is 9.53. The molecule has 0 spiro atoms. The summed E-state index contributed by atoms with van der Waals surface area (Å²) in [7, 11) is 0. The Kier molecular flexibility index (Phi) is 6.90. The normalized spacial score (nSPS) is 11.6. The van der Waals surface area contributed by atoms with Crippen LogP contribution in [0.5, 0.6) is 0 Å². The molecule has 0 aliphatic heterocycles. The van der Waals surface area contributed by atoms with Crippen molar-refractivity contribution in [3.8, 4) is 0 Å². The lowest BCUT2D eigenvalue weighted by atomic mass is 10.1. The van der Waals surface area contributed by atoms with Crippen LogP contribution in [0, 0.1) is 19.7 Å². The van der Waals surface area contributed by atoms with Crippen molar-refractivity contribution < 1.29 is 14.0 Å². The van der Waals surface area contributed by atoms with Crippen LogP contribution >= 0.6 is 11.8 Å². The van der Waals surface area contributed by atoms with Gasteiger partial charge in [0.2, 0.25) is 5.91 Å². The van der Waals surface area contributed by atoms with E-state index in [1.54, 1.807) is 6.07 Å². The average Bonchev–Trinajstić information content (AvgIpc) is 2.70. The summed E-state index contributed by atoms with van der Waals surface area (Å²) < 4.78 is 13.0. The Morgan fingerprint density at radius 3 is 2.37 bits per heavy atom.